The summed E-state index contributed by atoms with van der Waals surface area (Å²) in [5.74, 6) is -2.03. The summed E-state index contributed by atoms with van der Waals surface area (Å²) in [7, 11) is -3.09. The van der Waals surface area contributed by atoms with Gasteiger partial charge in [0.15, 0.2) is 9.84 Å². The maximum atomic E-state index is 12.6. The first-order chi connectivity index (χ1) is 17.1. The van der Waals surface area contributed by atoms with Gasteiger partial charge in [-0.15, -0.1) is 0 Å². The zero-order chi connectivity index (χ0) is 27.4. The number of pyridine rings is 1. The molecule has 2 aromatic heterocycles. The second-order valence-electron chi connectivity index (χ2n) is 8.02. The van der Waals surface area contributed by atoms with E-state index in [4.69, 9.17) is 0 Å². The van der Waals surface area contributed by atoms with Crippen LogP contribution in [0.4, 0.5) is 26.3 Å². The van der Waals surface area contributed by atoms with Crippen LogP contribution >= 0.6 is 0 Å². The van der Waals surface area contributed by atoms with Crippen molar-refractivity contribution in [2.75, 3.05) is 24.6 Å². The van der Waals surface area contributed by atoms with E-state index >= 15 is 0 Å². The Kier molecular flexibility index (Phi) is 8.25. The van der Waals surface area contributed by atoms with Gasteiger partial charge in [-0.2, -0.15) is 31.3 Å². The van der Waals surface area contributed by atoms with Gasteiger partial charge in [-0.3, -0.25) is 9.78 Å². The van der Waals surface area contributed by atoms with Crippen LogP contribution in [0.3, 0.4) is 0 Å². The van der Waals surface area contributed by atoms with Gasteiger partial charge in [-0.05, 0) is 30.7 Å². The van der Waals surface area contributed by atoms with E-state index < -0.39 is 33.6 Å². The second-order valence-corrected chi connectivity index (χ2v) is 10.3. The number of aryl methyl sites for hydroxylation is 1. The Balaban J connectivity index is 0.000000213. The van der Waals surface area contributed by atoms with E-state index in [1.165, 1.54) is 23.2 Å². The Bertz CT molecular complexity index is 1320. The molecular formula is C22H20F6N4O4S. The number of halogens is 6. The third-order valence-corrected chi connectivity index (χ3v) is 6.75. The van der Waals surface area contributed by atoms with Crippen molar-refractivity contribution in [3.05, 3.63) is 65.3 Å². The molecule has 15 heteroatoms. The lowest BCUT2D eigenvalue weighted by atomic mass is 10.1. The van der Waals surface area contributed by atoms with Crippen LogP contribution in [0, 0.1) is 6.92 Å². The molecule has 3 aromatic rings. The number of hydrogen-bond donors (Lipinski definition) is 0. The summed E-state index contributed by atoms with van der Waals surface area (Å²) in [6.45, 7) is 1.96. The molecule has 1 amide bonds. The smallest absolute Gasteiger partial charge is 0.340 e. The minimum Gasteiger partial charge on any atom is -0.340 e. The molecule has 1 aliphatic rings. The lowest BCUT2D eigenvalue weighted by Crippen LogP contribution is -2.44. The van der Waals surface area contributed by atoms with Gasteiger partial charge in [0.25, 0.3) is 0 Å². The molecule has 0 atom stereocenters. The van der Waals surface area contributed by atoms with E-state index in [2.05, 4.69) is 19.6 Å². The normalized spacial score (nSPS) is 15.6. The third kappa shape index (κ3) is 8.00. The Morgan fingerprint density at radius 3 is 2.24 bits per heavy atom. The molecule has 0 spiro atoms. The molecule has 1 aliphatic heterocycles. The van der Waals surface area contributed by atoms with Gasteiger partial charge in [0.05, 0.1) is 23.5 Å². The van der Waals surface area contributed by atoms with Crippen molar-refractivity contribution >= 4 is 15.7 Å². The van der Waals surface area contributed by atoms with Crippen LogP contribution in [0.1, 0.15) is 22.7 Å². The highest BCUT2D eigenvalue weighted by Crippen LogP contribution is 2.30. The maximum absolute atomic E-state index is 12.6. The minimum atomic E-state index is -4.62. The summed E-state index contributed by atoms with van der Waals surface area (Å²) < 4.78 is 101. The molecule has 37 heavy (non-hydrogen) atoms. The first-order valence-corrected chi connectivity index (χ1v) is 12.4. The predicted molar refractivity (Wildman–Crippen MR) is 118 cm³/mol. The lowest BCUT2D eigenvalue weighted by Gasteiger charge is -2.26. The Hall–Kier alpha value is -3.49. The van der Waals surface area contributed by atoms with Crippen LogP contribution in [0.2, 0.25) is 0 Å². The van der Waals surface area contributed by atoms with E-state index in [1.54, 1.807) is 19.1 Å². The summed E-state index contributed by atoms with van der Waals surface area (Å²) in [5, 5.41) is 3.24. The SMILES string of the molecule is Cc1ccc(-c2noc(C(F)(F)F)n2)cn1.O=C(Cc1cccc(C(F)(F)F)c1)N1CCS(=O)(=O)CC1. The average molecular weight is 550 g/mol. The molecule has 0 radical (unpaired) electrons. The van der Waals surface area contributed by atoms with E-state index in [0.29, 0.717) is 5.56 Å². The highest BCUT2D eigenvalue weighted by atomic mass is 32.2. The number of sulfone groups is 1. The Labute approximate surface area is 207 Å². The quantitative estimate of drug-likeness (QED) is 0.455. The van der Waals surface area contributed by atoms with Gasteiger partial charge in [0, 0.05) is 30.5 Å². The highest BCUT2D eigenvalue weighted by Gasteiger charge is 2.38. The van der Waals surface area contributed by atoms with E-state index in [1.807, 2.05) is 0 Å². The molecule has 0 bridgehead atoms. The summed E-state index contributed by atoms with van der Waals surface area (Å²) in [4.78, 5) is 20.5. The average Bonchev–Trinajstić information content (AvgIpc) is 3.31. The monoisotopic (exact) mass is 550 g/mol. The predicted octanol–water partition coefficient (Wildman–Crippen LogP) is 3.96. The second kappa shape index (κ2) is 10.9. The summed E-state index contributed by atoms with van der Waals surface area (Å²) in [5.41, 5.74) is 0.602. The molecule has 0 N–H and O–H groups in total. The van der Waals surface area contributed by atoms with Crippen molar-refractivity contribution in [1.29, 1.82) is 0 Å². The molecule has 8 nitrogen and oxygen atoms in total. The fraction of sp³-hybridized carbons (Fsp3) is 0.364. The molecule has 0 aliphatic carbocycles. The molecule has 4 rings (SSSR count). The lowest BCUT2D eigenvalue weighted by molar-refractivity contribution is -0.159. The largest absolute Gasteiger partial charge is 0.471 e. The number of carbonyl (C=O) groups is 1. The van der Waals surface area contributed by atoms with Crippen molar-refractivity contribution in [3.63, 3.8) is 0 Å². The number of nitrogens with zero attached hydrogens (tertiary/aromatic N) is 4. The summed E-state index contributed by atoms with van der Waals surface area (Å²) in [6.07, 6.45) is -7.84. The minimum absolute atomic E-state index is 0.0959. The molecule has 1 saturated heterocycles. The van der Waals surface area contributed by atoms with Crippen LogP contribution in [0.25, 0.3) is 11.4 Å². The first kappa shape index (κ1) is 28.1. The Morgan fingerprint density at radius 1 is 1.03 bits per heavy atom. The van der Waals surface area contributed by atoms with Gasteiger partial charge >= 0.3 is 18.2 Å². The molecule has 1 fully saturated rings. The zero-order valence-corrected chi connectivity index (χ0v) is 20.0. The van der Waals surface area contributed by atoms with Crippen LogP contribution in [0.15, 0.2) is 47.1 Å². The standard InChI is InChI=1S/C13H14F3NO3S.C9H6F3N3O/c14-13(15,16)11-3-1-2-10(8-11)9-12(18)17-4-6-21(19,20)7-5-17;1-5-2-3-6(4-13-5)7-14-8(16-15-7)9(10,11)12/h1-3,8H,4-7,9H2;2-4H,1H3. The molecule has 200 valence electrons. The molecule has 0 unspecified atom stereocenters. The fourth-order valence-corrected chi connectivity index (χ4v) is 4.36. The van der Waals surface area contributed by atoms with Crippen LogP contribution in [-0.4, -0.2) is 58.9 Å². The molecule has 3 heterocycles. The van der Waals surface area contributed by atoms with Crippen molar-refractivity contribution in [3.8, 4) is 11.4 Å². The number of carbonyl (C=O) groups excluding carboxylic acids is 1. The highest BCUT2D eigenvalue weighted by molar-refractivity contribution is 7.91. The molecule has 1 aromatic carbocycles. The van der Waals surface area contributed by atoms with Gasteiger partial charge in [0.1, 0.15) is 0 Å². The van der Waals surface area contributed by atoms with Gasteiger partial charge in [0.2, 0.25) is 11.7 Å². The number of aromatic nitrogens is 3. The molecule has 0 saturated carbocycles. The molecular weight excluding hydrogens is 530 g/mol. The van der Waals surface area contributed by atoms with E-state index in [-0.39, 0.29) is 48.3 Å². The maximum Gasteiger partial charge on any atom is 0.471 e. The van der Waals surface area contributed by atoms with Crippen molar-refractivity contribution in [2.45, 2.75) is 25.7 Å². The van der Waals surface area contributed by atoms with E-state index in [0.717, 1.165) is 17.8 Å². The van der Waals surface area contributed by atoms with Crippen molar-refractivity contribution in [1.82, 2.24) is 20.0 Å². The Morgan fingerprint density at radius 2 is 1.70 bits per heavy atom. The topological polar surface area (TPSA) is 106 Å². The fourth-order valence-electron chi connectivity index (χ4n) is 3.16. The summed E-state index contributed by atoms with van der Waals surface area (Å²) >= 11 is 0. The van der Waals surface area contributed by atoms with E-state index in [9.17, 15) is 39.6 Å². The van der Waals surface area contributed by atoms with Crippen LogP contribution in [-0.2, 0) is 33.4 Å². The number of rotatable bonds is 3. The first-order valence-electron chi connectivity index (χ1n) is 10.6. The van der Waals surface area contributed by atoms with Gasteiger partial charge < -0.3 is 9.42 Å². The van der Waals surface area contributed by atoms with Gasteiger partial charge in [-0.25, -0.2) is 8.42 Å². The number of benzene rings is 1. The van der Waals surface area contributed by atoms with Crippen molar-refractivity contribution < 1.29 is 44.1 Å². The number of alkyl halides is 6. The zero-order valence-electron chi connectivity index (χ0n) is 19.2. The van der Waals surface area contributed by atoms with Gasteiger partial charge in [-0.1, -0.05) is 23.4 Å². The summed E-state index contributed by atoms with van der Waals surface area (Å²) in [6, 6.07) is 7.83. The van der Waals surface area contributed by atoms with Crippen LogP contribution in [0.5, 0.6) is 0 Å². The number of amides is 1. The van der Waals surface area contributed by atoms with Crippen molar-refractivity contribution in [2.24, 2.45) is 0 Å². The third-order valence-electron chi connectivity index (χ3n) is 5.14. The van der Waals surface area contributed by atoms with Crippen LogP contribution < -0.4 is 0 Å². The number of hydrogen-bond acceptors (Lipinski definition) is 7.